The topological polar surface area (TPSA) is 66.4 Å². The van der Waals surface area contributed by atoms with Gasteiger partial charge in [0.2, 0.25) is 5.91 Å². The van der Waals surface area contributed by atoms with Gasteiger partial charge in [0.15, 0.2) is 0 Å². The van der Waals surface area contributed by atoms with E-state index in [4.69, 9.17) is 5.11 Å². The molecule has 0 aromatic carbocycles. The first-order chi connectivity index (χ1) is 7.50. The normalized spacial score (nSPS) is 28.2. The second-order valence-corrected chi connectivity index (χ2v) is 5.33. The number of carboxylic acids is 1. The molecule has 4 nitrogen and oxygen atoms in total. The molecule has 0 aromatic rings. The molecular formula is C12H19NO3. The van der Waals surface area contributed by atoms with Crippen molar-refractivity contribution in [1.82, 2.24) is 5.32 Å². The lowest BCUT2D eigenvalue weighted by Crippen LogP contribution is -2.45. The maximum Gasteiger partial charge on any atom is 0.326 e. The summed E-state index contributed by atoms with van der Waals surface area (Å²) in [4.78, 5) is 22.9. The summed E-state index contributed by atoms with van der Waals surface area (Å²) in [5.41, 5.74) is 0.294. The molecule has 2 aliphatic carbocycles. The van der Waals surface area contributed by atoms with Crippen LogP contribution in [-0.2, 0) is 9.59 Å². The largest absolute Gasteiger partial charge is 0.480 e. The molecule has 2 saturated carbocycles. The molecule has 1 spiro atoms. The van der Waals surface area contributed by atoms with Gasteiger partial charge in [-0.1, -0.05) is 20.3 Å². The summed E-state index contributed by atoms with van der Waals surface area (Å²) in [7, 11) is 0. The molecule has 0 bridgehead atoms. The van der Waals surface area contributed by atoms with Crippen molar-refractivity contribution in [3.05, 3.63) is 0 Å². The molecule has 0 saturated heterocycles. The van der Waals surface area contributed by atoms with Crippen molar-refractivity contribution >= 4 is 11.9 Å². The van der Waals surface area contributed by atoms with E-state index >= 15 is 0 Å². The van der Waals surface area contributed by atoms with E-state index < -0.39 is 12.0 Å². The summed E-state index contributed by atoms with van der Waals surface area (Å²) < 4.78 is 0. The first kappa shape index (κ1) is 11.4. The number of aliphatic carboxylic acids is 1. The number of hydrogen-bond acceptors (Lipinski definition) is 2. The van der Waals surface area contributed by atoms with Crippen LogP contribution >= 0.6 is 0 Å². The number of hydrogen-bond donors (Lipinski definition) is 2. The van der Waals surface area contributed by atoms with E-state index in [0.717, 1.165) is 25.7 Å². The molecule has 90 valence electrons. The van der Waals surface area contributed by atoms with Gasteiger partial charge in [-0.25, -0.2) is 4.79 Å². The molecule has 3 unspecified atom stereocenters. The summed E-state index contributed by atoms with van der Waals surface area (Å²) >= 11 is 0. The highest BCUT2D eigenvalue weighted by Crippen LogP contribution is 2.70. The van der Waals surface area contributed by atoms with Crippen molar-refractivity contribution in [3.63, 3.8) is 0 Å². The Hall–Kier alpha value is -1.06. The minimum absolute atomic E-state index is 0.0182. The molecule has 4 heteroatoms. The lowest BCUT2D eigenvalue weighted by molar-refractivity contribution is -0.143. The molecule has 1 amide bonds. The van der Waals surface area contributed by atoms with Gasteiger partial charge in [0.05, 0.1) is 0 Å². The van der Waals surface area contributed by atoms with E-state index in [2.05, 4.69) is 5.32 Å². The van der Waals surface area contributed by atoms with Gasteiger partial charge in [-0.2, -0.15) is 0 Å². The van der Waals surface area contributed by atoms with Crippen LogP contribution in [-0.4, -0.2) is 23.0 Å². The number of amides is 1. The van der Waals surface area contributed by atoms with E-state index in [1.807, 2.05) is 13.8 Å². The highest BCUT2D eigenvalue weighted by Gasteiger charge is 2.65. The average molecular weight is 225 g/mol. The molecule has 2 rings (SSSR count). The predicted octanol–water partition coefficient (Wildman–Crippen LogP) is 1.40. The molecule has 0 radical (unpaired) electrons. The van der Waals surface area contributed by atoms with Gasteiger partial charge in [-0.05, 0) is 30.6 Å². The van der Waals surface area contributed by atoms with Crippen molar-refractivity contribution < 1.29 is 14.7 Å². The van der Waals surface area contributed by atoms with Crippen LogP contribution in [0.1, 0.15) is 39.5 Å². The summed E-state index contributed by atoms with van der Waals surface area (Å²) in [5.74, 6) is -0.896. The maximum atomic E-state index is 11.8. The van der Waals surface area contributed by atoms with Gasteiger partial charge in [-0.15, -0.1) is 0 Å². The first-order valence-corrected chi connectivity index (χ1v) is 6.03. The monoisotopic (exact) mass is 225 g/mol. The van der Waals surface area contributed by atoms with Crippen LogP contribution in [0.3, 0.4) is 0 Å². The Labute approximate surface area is 95.4 Å². The van der Waals surface area contributed by atoms with Gasteiger partial charge < -0.3 is 10.4 Å². The van der Waals surface area contributed by atoms with Crippen LogP contribution in [0.5, 0.6) is 0 Å². The summed E-state index contributed by atoms with van der Waals surface area (Å²) in [5, 5.41) is 11.7. The predicted molar refractivity (Wildman–Crippen MR) is 58.8 cm³/mol. The fourth-order valence-electron chi connectivity index (χ4n) is 2.37. The fourth-order valence-corrected chi connectivity index (χ4v) is 2.37. The Balaban J connectivity index is 1.90. The summed E-state index contributed by atoms with van der Waals surface area (Å²) in [6, 6.07) is -0.728. The second kappa shape index (κ2) is 3.75. The second-order valence-electron chi connectivity index (χ2n) is 5.33. The summed E-state index contributed by atoms with van der Waals surface area (Å²) in [6.45, 7) is 3.80. The van der Waals surface area contributed by atoms with Crippen LogP contribution in [0, 0.1) is 17.3 Å². The first-order valence-electron chi connectivity index (χ1n) is 6.03. The van der Waals surface area contributed by atoms with Crippen LogP contribution < -0.4 is 5.32 Å². The zero-order valence-corrected chi connectivity index (χ0v) is 9.82. The fraction of sp³-hybridized carbons (Fsp3) is 0.833. The lowest BCUT2D eigenvalue weighted by Gasteiger charge is -2.20. The zero-order chi connectivity index (χ0) is 11.9. The van der Waals surface area contributed by atoms with Gasteiger partial charge in [0.1, 0.15) is 6.04 Å². The molecule has 0 aliphatic heterocycles. The van der Waals surface area contributed by atoms with E-state index in [-0.39, 0.29) is 17.7 Å². The van der Waals surface area contributed by atoms with Crippen molar-refractivity contribution in [3.8, 4) is 0 Å². The van der Waals surface area contributed by atoms with E-state index in [0.29, 0.717) is 5.41 Å². The molecule has 3 atom stereocenters. The minimum atomic E-state index is -0.923. The van der Waals surface area contributed by atoms with Gasteiger partial charge >= 0.3 is 5.97 Å². The van der Waals surface area contributed by atoms with Gasteiger partial charge in [-0.3, -0.25) is 4.79 Å². The number of rotatable bonds is 5. The highest BCUT2D eigenvalue weighted by molar-refractivity contribution is 5.88. The summed E-state index contributed by atoms with van der Waals surface area (Å²) in [6.07, 6.45) is 4.01. The highest BCUT2D eigenvalue weighted by atomic mass is 16.4. The molecule has 2 fully saturated rings. The standard InChI is InChI=1S/C12H19NO3/c1-3-7(2)9(11(15)16)13-10(14)8-6-12(8)4-5-12/h7-9H,3-6H2,1-2H3,(H,13,14)(H,15,16). The Morgan fingerprint density at radius 2 is 2.12 bits per heavy atom. The molecule has 0 heterocycles. The Kier molecular flexibility index (Phi) is 2.68. The maximum absolute atomic E-state index is 11.8. The van der Waals surface area contributed by atoms with Crippen molar-refractivity contribution in [2.45, 2.75) is 45.6 Å². The van der Waals surface area contributed by atoms with Crippen LogP contribution in [0.4, 0.5) is 0 Å². The number of nitrogens with one attached hydrogen (secondary N) is 1. The third-order valence-electron chi connectivity index (χ3n) is 4.18. The minimum Gasteiger partial charge on any atom is -0.480 e. The SMILES string of the molecule is CCC(C)C(NC(=O)C1CC12CC2)C(=O)O. The van der Waals surface area contributed by atoms with E-state index in [1.165, 1.54) is 0 Å². The number of carbonyl (C=O) groups is 2. The Morgan fingerprint density at radius 1 is 1.50 bits per heavy atom. The molecular weight excluding hydrogens is 206 g/mol. The van der Waals surface area contributed by atoms with Crippen molar-refractivity contribution in [2.75, 3.05) is 0 Å². The molecule has 16 heavy (non-hydrogen) atoms. The van der Waals surface area contributed by atoms with Gasteiger partial charge in [0, 0.05) is 5.92 Å². The van der Waals surface area contributed by atoms with Gasteiger partial charge in [0.25, 0.3) is 0 Å². The van der Waals surface area contributed by atoms with Crippen molar-refractivity contribution in [1.29, 1.82) is 0 Å². The quantitative estimate of drug-likeness (QED) is 0.743. The number of carbonyl (C=O) groups excluding carboxylic acids is 1. The molecule has 0 aromatic heterocycles. The Bertz CT molecular complexity index is 322. The van der Waals surface area contributed by atoms with Crippen LogP contribution in [0.2, 0.25) is 0 Å². The van der Waals surface area contributed by atoms with Crippen LogP contribution in [0.15, 0.2) is 0 Å². The zero-order valence-electron chi connectivity index (χ0n) is 9.82. The number of carboxylic acid groups (broad SMARTS) is 1. The van der Waals surface area contributed by atoms with E-state index in [9.17, 15) is 9.59 Å². The average Bonchev–Trinajstić information content (AvgIpc) is 3.14. The Morgan fingerprint density at radius 3 is 2.50 bits per heavy atom. The third kappa shape index (κ3) is 1.93. The molecule has 2 N–H and O–H groups in total. The molecule has 2 aliphatic rings. The van der Waals surface area contributed by atoms with Crippen molar-refractivity contribution in [2.24, 2.45) is 17.3 Å². The van der Waals surface area contributed by atoms with E-state index in [1.54, 1.807) is 0 Å². The lowest BCUT2D eigenvalue weighted by atomic mass is 9.99. The third-order valence-corrected chi connectivity index (χ3v) is 4.18. The smallest absolute Gasteiger partial charge is 0.326 e. The van der Waals surface area contributed by atoms with Crippen LogP contribution in [0.25, 0.3) is 0 Å².